The van der Waals surface area contributed by atoms with Crippen LogP contribution in [0.5, 0.6) is 0 Å². The molecule has 1 saturated carbocycles. The first-order chi connectivity index (χ1) is 10.7. The fourth-order valence-corrected chi connectivity index (χ4v) is 2.97. The van der Waals surface area contributed by atoms with Gasteiger partial charge in [-0.2, -0.15) is 5.10 Å². The Morgan fingerprint density at radius 2 is 2.27 bits per heavy atom. The van der Waals surface area contributed by atoms with Crippen LogP contribution >= 0.6 is 0 Å². The summed E-state index contributed by atoms with van der Waals surface area (Å²) in [6, 6.07) is 3.22. The molecule has 1 aliphatic carbocycles. The van der Waals surface area contributed by atoms with Crippen LogP contribution in [0.2, 0.25) is 0 Å². The van der Waals surface area contributed by atoms with Crippen LogP contribution in [0.3, 0.4) is 0 Å². The van der Waals surface area contributed by atoms with E-state index in [-0.39, 0.29) is 18.2 Å². The molecule has 2 heterocycles. The zero-order chi connectivity index (χ0) is 15.5. The van der Waals surface area contributed by atoms with Gasteiger partial charge in [0.1, 0.15) is 11.6 Å². The molecule has 3 rings (SSSR count). The third-order valence-electron chi connectivity index (χ3n) is 4.07. The minimum atomic E-state index is -0.531. The summed E-state index contributed by atoms with van der Waals surface area (Å²) >= 11 is 0. The summed E-state index contributed by atoms with van der Waals surface area (Å²) in [5.41, 5.74) is 0.193. The molecule has 2 aromatic rings. The van der Waals surface area contributed by atoms with Crippen LogP contribution in [-0.4, -0.2) is 37.1 Å². The number of nitrogens with zero attached hydrogens (tertiary/aromatic N) is 3. The normalized spacial score (nSPS) is 24.6. The molecule has 3 atom stereocenters. The second-order valence-electron chi connectivity index (χ2n) is 5.70. The molecule has 0 radical (unpaired) electrons. The summed E-state index contributed by atoms with van der Waals surface area (Å²) in [7, 11) is 0. The monoisotopic (exact) mass is 306 g/mol. The minimum Gasteiger partial charge on any atom is -0.392 e. The zero-order valence-electron chi connectivity index (χ0n) is 12.1. The molecule has 3 N–H and O–H groups in total. The lowest BCUT2D eigenvalue weighted by molar-refractivity contribution is 0.166. The summed E-state index contributed by atoms with van der Waals surface area (Å²) in [5.74, 6) is 0.260. The van der Waals surface area contributed by atoms with Gasteiger partial charge >= 0.3 is 0 Å². The van der Waals surface area contributed by atoms with Crippen molar-refractivity contribution < 1.29 is 14.6 Å². The van der Waals surface area contributed by atoms with E-state index in [2.05, 4.69) is 15.4 Å². The third kappa shape index (κ3) is 3.26. The maximum atomic E-state index is 13.3. The zero-order valence-corrected chi connectivity index (χ0v) is 12.1. The highest BCUT2D eigenvalue weighted by Crippen LogP contribution is 2.29. The number of aliphatic hydroxyl groups excluding tert-OH is 2. The molecule has 0 spiro atoms. The maximum absolute atomic E-state index is 13.3. The fourth-order valence-electron chi connectivity index (χ4n) is 2.97. The Morgan fingerprint density at radius 3 is 3.00 bits per heavy atom. The van der Waals surface area contributed by atoms with Crippen molar-refractivity contribution in [2.75, 3.05) is 5.32 Å². The average Bonchev–Trinajstić information content (AvgIpc) is 3.12. The molecule has 1 aliphatic rings. The molecular formula is C15H19FN4O2. The van der Waals surface area contributed by atoms with E-state index in [0.717, 1.165) is 19.2 Å². The van der Waals surface area contributed by atoms with E-state index in [0.29, 0.717) is 18.2 Å². The van der Waals surface area contributed by atoms with Crippen LogP contribution in [0.4, 0.5) is 10.2 Å². The number of pyridine rings is 1. The van der Waals surface area contributed by atoms with Gasteiger partial charge in [0.15, 0.2) is 0 Å². The molecule has 22 heavy (non-hydrogen) atoms. The number of nitrogens with one attached hydrogen (secondary N) is 1. The number of hydrogen-bond acceptors (Lipinski definition) is 5. The second-order valence-corrected chi connectivity index (χ2v) is 5.70. The largest absolute Gasteiger partial charge is 0.392 e. The molecule has 7 heteroatoms. The molecule has 1 unspecified atom stereocenters. The van der Waals surface area contributed by atoms with Gasteiger partial charge < -0.3 is 15.5 Å². The van der Waals surface area contributed by atoms with Gasteiger partial charge in [-0.25, -0.2) is 9.37 Å². The third-order valence-corrected chi connectivity index (χ3v) is 4.07. The van der Waals surface area contributed by atoms with E-state index in [1.807, 2.05) is 16.9 Å². The Hall–Kier alpha value is -1.99. The van der Waals surface area contributed by atoms with Gasteiger partial charge in [0.2, 0.25) is 0 Å². The van der Waals surface area contributed by atoms with E-state index in [1.165, 1.54) is 6.07 Å². The molecule has 118 valence electrons. The van der Waals surface area contributed by atoms with E-state index < -0.39 is 11.9 Å². The van der Waals surface area contributed by atoms with Gasteiger partial charge in [-0.1, -0.05) is 0 Å². The first kappa shape index (κ1) is 14.9. The summed E-state index contributed by atoms with van der Waals surface area (Å²) in [4.78, 5) is 3.96. The lowest BCUT2D eigenvalue weighted by atomic mass is 10.1. The minimum absolute atomic E-state index is 0.134. The van der Waals surface area contributed by atoms with Crippen molar-refractivity contribution in [2.24, 2.45) is 5.92 Å². The number of halogens is 1. The molecule has 2 aromatic heterocycles. The van der Waals surface area contributed by atoms with E-state index in [9.17, 15) is 9.50 Å². The molecule has 1 fully saturated rings. The summed E-state index contributed by atoms with van der Waals surface area (Å²) in [6.45, 7) is 0.388. The molecule has 0 bridgehead atoms. The van der Waals surface area contributed by atoms with Crippen molar-refractivity contribution in [3.05, 3.63) is 42.1 Å². The number of aliphatic hydroxyl groups is 2. The lowest BCUT2D eigenvalue weighted by Gasteiger charge is -2.17. The first-order valence-corrected chi connectivity index (χ1v) is 7.33. The van der Waals surface area contributed by atoms with Gasteiger partial charge in [-0.3, -0.25) is 4.68 Å². The van der Waals surface area contributed by atoms with E-state index >= 15 is 0 Å². The summed E-state index contributed by atoms with van der Waals surface area (Å²) in [6.07, 6.45) is 5.71. The second kappa shape index (κ2) is 6.41. The fraction of sp³-hybridized carbons (Fsp3) is 0.467. The summed E-state index contributed by atoms with van der Waals surface area (Å²) in [5, 5.41) is 26.6. The van der Waals surface area contributed by atoms with E-state index in [4.69, 9.17) is 5.11 Å². The number of rotatable bonds is 5. The highest BCUT2D eigenvalue weighted by atomic mass is 19.1. The van der Waals surface area contributed by atoms with E-state index in [1.54, 1.807) is 6.20 Å². The Kier molecular flexibility index (Phi) is 4.35. The lowest BCUT2D eigenvalue weighted by Crippen LogP contribution is -2.28. The van der Waals surface area contributed by atoms with Gasteiger partial charge in [0.05, 0.1) is 24.9 Å². The smallest absolute Gasteiger partial charge is 0.147 e. The van der Waals surface area contributed by atoms with Gasteiger partial charge in [-0.05, 0) is 30.9 Å². The Bertz CT molecular complexity index is 620. The van der Waals surface area contributed by atoms with Crippen LogP contribution in [0.15, 0.2) is 30.7 Å². The first-order valence-electron chi connectivity index (χ1n) is 7.33. The maximum Gasteiger partial charge on any atom is 0.147 e. The predicted octanol–water partition coefficient (Wildman–Crippen LogP) is 1.16. The van der Waals surface area contributed by atoms with Crippen LogP contribution in [-0.2, 0) is 13.2 Å². The average molecular weight is 306 g/mol. The van der Waals surface area contributed by atoms with Crippen LogP contribution in [0.25, 0.3) is 0 Å². The summed E-state index contributed by atoms with van der Waals surface area (Å²) < 4.78 is 15.2. The van der Waals surface area contributed by atoms with Crippen molar-refractivity contribution in [3.8, 4) is 0 Å². The van der Waals surface area contributed by atoms with Crippen molar-refractivity contribution in [2.45, 2.75) is 38.1 Å². The van der Waals surface area contributed by atoms with Crippen LogP contribution in [0, 0.1) is 11.7 Å². The molecule has 0 saturated heterocycles. The SMILES string of the molecule is OCc1cc(N[C@@H]2CC(Cn3cccn3)C[C@H]2O)ncc1F. The number of anilines is 1. The number of aromatic nitrogens is 3. The Morgan fingerprint density at radius 1 is 1.41 bits per heavy atom. The quantitative estimate of drug-likeness (QED) is 0.772. The number of hydrogen-bond donors (Lipinski definition) is 3. The van der Waals surface area contributed by atoms with Crippen molar-refractivity contribution >= 4 is 5.82 Å². The molecule has 0 amide bonds. The standard InChI is InChI=1S/C15H19FN4O2/c16-12-7-17-15(6-11(12)9-21)19-13-4-10(5-14(13)22)8-20-3-1-2-18-20/h1-3,6-7,10,13-14,21-22H,4-5,8-9H2,(H,17,19)/t10?,13-,14-/m1/s1. The molecule has 0 aromatic carbocycles. The highest BCUT2D eigenvalue weighted by Gasteiger charge is 2.33. The van der Waals surface area contributed by atoms with Gasteiger partial charge in [0.25, 0.3) is 0 Å². The molecule has 0 aliphatic heterocycles. The Balaban J connectivity index is 1.63. The Labute approximate surface area is 127 Å². The predicted molar refractivity (Wildman–Crippen MR) is 78.5 cm³/mol. The van der Waals surface area contributed by atoms with Crippen LogP contribution < -0.4 is 5.32 Å². The van der Waals surface area contributed by atoms with Crippen molar-refractivity contribution in [1.29, 1.82) is 0 Å². The van der Waals surface area contributed by atoms with Gasteiger partial charge in [-0.15, -0.1) is 0 Å². The highest BCUT2D eigenvalue weighted by molar-refractivity contribution is 5.39. The van der Waals surface area contributed by atoms with Gasteiger partial charge in [0, 0.05) is 24.5 Å². The van der Waals surface area contributed by atoms with Crippen molar-refractivity contribution in [1.82, 2.24) is 14.8 Å². The topological polar surface area (TPSA) is 83.2 Å². The molecular weight excluding hydrogens is 287 g/mol. The van der Waals surface area contributed by atoms with Crippen LogP contribution in [0.1, 0.15) is 18.4 Å². The molecule has 6 nitrogen and oxygen atoms in total. The van der Waals surface area contributed by atoms with Crippen molar-refractivity contribution in [3.63, 3.8) is 0 Å².